The fourth-order valence-electron chi connectivity index (χ4n) is 4.04. The number of nitrogens with zero attached hydrogens (tertiary/aromatic N) is 1. The van der Waals surface area contributed by atoms with Crippen LogP contribution in [0.3, 0.4) is 0 Å². The smallest absolute Gasteiger partial charge is 0.161 e. The van der Waals surface area contributed by atoms with Gasteiger partial charge in [-0.15, -0.1) is 12.4 Å². The molecule has 0 atom stereocenters. The number of para-hydroxylation sites is 1. The maximum Gasteiger partial charge on any atom is 0.161 e. The number of benzene rings is 2. The summed E-state index contributed by atoms with van der Waals surface area (Å²) in [7, 11) is 3.41. The second kappa shape index (κ2) is 8.19. The molecule has 5 heteroatoms. The van der Waals surface area contributed by atoms with Crippen molar-refractivity contribution in [3.63, 3.8) is 0 Å². The van der Waals surface area contributed by atoms with E-state index >= 15 is 0 Å². The Kier molecular flexibility index (Phi) is 5.94. The highest BCUT2D eigenvalue weighted by atomic mass is 35.5. The Balaban J connectivity index is 0.00000196. The predicted octanol–water partition coefficient (Wildman–Crippen LogP) is 3.69. The highest BCUT2D eigenvalue weighted by Gasteiger charge is 2.20. The third-order valence-corrected chi connectivity index (χ3v) is 5.43. The van der Waals surface area contributed by atoms with Gasteiger partial charge in [-0.1, -0.05) is 18.2 Å². The molecule has 0 amide bonds. The lowest BCUT2D eigenvalue weighted by molar-refractivity contribution is 0.279. The van der Waals surface area contributed by atoms with Crippen LogP contribution in [0.5, 0.6) is 11.5 Å². The van der Waals surface area contributed by atoms with Crippen molar-refractivity contribution in [2.75, 3.05) is 39.2 Å². The Morgan fingerprint density at radius 3 is 2.19 bits per heavy atom. The molecule has 0 aromatic heterocycles. The summed E-state index contributed by atoms with van der Waals surface area (Å²) in [6.07, 6.45) is 3.25. The van der Waals surface area contributed by atoms with E-state index in [2.05, 4.69) is 40.5 Å². The van der Waals surface area contributed by atoms with Gasteiger partial charge in [0.25, 0.3) is 0 Å². The molecule has 26 heavy (non-hydrogen) atoms. The summed E-state index contributed by atoms with van der Waals surface area (Å²) in [5.74, 6) is 1.67. The van der Waals surface area contributed by atoms with Crippen LogP contribution in [0.15, 0.2) is 30.3 Å². The van der Waals surface area contributed by atoms with Crippen LogP contribution in [-0.4, -0.2) is 38.8 Å². The highest BCUT2D eigenvalue weighted by Crippen LogP contribution is 2.33. The summed E-state index contributed by atoms with van der Waals surface area (Å²) in [5.41, 5.74) is 7.03. The van der Waals surface area contributed by atoms with Gasteiger partial charge in [0.2, 0.25) is 0 Å². The van der Waals surface area contributed by atoms with Crippen LogP contribution in [0.2, 0.25) is 0 Å². The molecule has 2 aromatic rings. The van der Waals surface area contributed by atoms with E-state index in [1.807, 2.05) is 0 Å². The average molecular weight is 375 g/mol. The van der Waals surface area contributed by atoms with Gasteiger partial charge in [-0.3, -0.25) is 4.90 Å². The minimum atomic E-state index is 0. The molecule has 2 aliphatic rings. The van der Waals surface area contributed by atoms with Gasteiger partial charge in [-0.05, 0) is 53.6 Å². The van der Waals surface area contributed by atoms with Crippen LogP contribution in [0.25, 0.3) is 0 Å². The molecule has 0 bridgehead atoms. The first-order valence-corrected chi connectivity index (χ1v) is 9.09. The van der Waals surface area contributed by atoms with E-state index in [9.17, 15) is 0 Å². The van der Waals surface area contributed by atoms with Gasteiger partial charge >= 0.3 is 0 Å². The van der Waals surface area contributed by atoms with E-state index in [0.717, 1.165) is 56.9 Å². The molecule has 0 fully saturated rings. The SMILES string of the molecule is COc1cc2c(cc1OC)CCN(Cc1cccc3c1NCC3)CC2.Cl. The van der Waals surface area contributed by atoms with Crippen molar-refractivity contribution < 1.29 is 9.47 Å². The van der Waals surface area contributed by atoms with E-state index in [-0.39, 0.29) is 12.4 Å². The van der Waals surface area contributed by atoms with Gasteiger partial charge in [0.1, 0.15) is 0 Å². The van der Waals surface area contributed by atoms with Crippen molar-refractivity contribution in [3.05, 3.63) is 52.6 Å². The molecule has 0 saturated heterocycles. The monoisotopic (exact) mass is 374 g/mol. The zero-order valence-corrected chi connectivity index (χ0v) is 16.3. The van der Waals surface area contributed by atoms with Crippen LogP contribution in [-0.2, 0) is 25.8 Å². The van der Waals surface area contributed by atoms with Gasteiger partial charge in [-0.25, -0.2) is 0 Å². The predicted molar refractivity (Wildman–Crippen MR) is 108 cm³/mol. The zero-order chi connectivity index (χ0) is 17.2. The molecule has 4 rings (SSSR count). The Morgan fingerprint density at radius 2 is 1.58 bits per heavy atom. The lowest BCUT2D eigenvalue weighted by Crippen LogP contribution is -2.26. The van der Waals surface area contributed by atoms with E-state index in [4.69, 9.17) is 9.47 Å². The molecule has 2 aliphatic heterocycles. The van der Waals surface area contributed by atoms with E-state index in [1.165, 1.54) is 27.9 Å². The lowest BCUT2D eigenvalue weighted by atomic mass is 10.0. The summed E-state index contributed by atoms with van der Waals surface area (Å²) in [4.78, 5) is 2.56. The summed E-state index contributed by atoms with van der Waals surface area (Å²) in [6.45, 7) is 4.23. The lowest BCUT2D eigenvalue weighted by Gasteiger charge is -2.21. The van der Waals surface area contributed by atoms with Gasteiger partial charge < -0.3 is 14.8 Å². The van der Waals surface area contributed by atoms with E-state index < -0.39 is 0 Å². The van der Waals surface area contributed by atoms with Crippen LogP contribution in [0, 0.1) is 0 Å². The number of rotatable bonds is 4. The first-order chi connectivity index (χ1) is 12.3. The second-order valence-corrected chi connectivity index (χ2v) is 6.88. The van der Waals surface area contributed by atoms with Gasteiger partial charge in [0.05, 0.1) is 14.2 Å². The molecule has 0 unspecified atom stereocenters. The van der Waals surface area contributed by atoms with Crippen molar-refractivity contribution in [1.29, 1.82) is 0 Å². The summed E-state index contributed by atoms with van der Waals surface area (Å²) in [6, 6.07) is 11.0. The number of hydrogen-bond donors (Lipinski definition) is 1. The largest absolute Gasteiger partial charge is 0.493 e. The van der Waals surface area contributed by atoms with Crippen molar-refractivity contribution in [1.82, 2.24) is 4.90 Å². The number of halogens is 1. The second-order valence-electron chi connectivity index (χ2n) is 6.88. The van der Waals surface area contributed by atoms with Crippen LogP contribution >= 0.6 is 12.4 Å². The summed E-state index contributed by atoms with van der Waals surface area (Å²) in [5, 5.41) is 3.56. The van der Waals surface area contributed by atoms with Crippen molar-refractivity contribution >= 4 is 18.1 Å². The molecular formula is C21H27ClN2O2. The Labute approximate surface area is 161 Å². The number of ether oxygens (including phenoxy) is 2. The molecule has 0 aliphatic carbocycles. The molecule has 140 valence electrons. The average Bonchev–Trinajstić information content (AvgIpc) is 3.05. The van der Waals surface area contributed by atoms with Gasteiger partial charge in [0.15, 0.2) is 11.5 Å². The van der Waals surface area contributed by atoms with E-state index in [1.54, 1.807) is 14.2 Å². The third-order valence-electron chi connectivity index (χ3n) is 5.43. The standard InChI is InChI=1S/C21H26N2O2.ClH/c1-24-19-12-16-7-10-23(11-8-17(16)13-20(19)25-2)14-18-5-3-4-15-6-9-22-21(15)18;/h3-5,12-13,22H,6-11,14H2,1-2H3;1H. The molecule has 0 saturated carbocycles. The normalized spacial score (nSPS) is 15.9. The zero-order valence-electron chi connectivity index (χ0n) is 15.5. The first kappa shape index (κ1) is 18.9. The van der Waals surface area contributed by atoms with E-state index in [0.29, 0.717) is 0 Å². The molecule has 2 aromatic carbocycles. The Bertz CT molecular complexity index is 744. The molecule has 2 heterocycles. The Morgan fingerprint density at radius 1 is 0.923 bits per heavy atom. The Hall–Kier alpha value is -1.91. The number of nitrogens with one attached hydrogen (secondary N) is 1. The summed E-state index contributed by atoms with van der Waals surface area (Å²) >= 11 is 0. The maximum atomic E-state index is 5.47. The fraction of sp³-hybridized carbons (Fsp3) is 0.429. The molecule has 0 spiro atoms. The third kappa shape index (κ3) is 3.62. The quantitative estimate of drug-likeness (QED) is 0.884. The van der Waals surface area contributed by atoms with Crippen molar-refractivity contribution in [3.8, 4) is 11.5 Å². The number of anilines is 1. The highest BCUT2D eigenvalue weighted by molar-refractivity contribution is 5.85. The molecule has 1 N–H and O–H groups in total. The van der Waals surface area contributed by atoms with Crippen LogP contribution in [0.4, 0.5) is 5.69 Å². The minimum Gasteiger partial charge on any atom is -0.493 e. The maximum absolute atomic E-state index is 5.47. The van der Waals surface area contributed by atoms with Gasteiger partial charge in [0, 0.05) is 31.9 Å². The van der Waals surface area contributed by atoms with Crippen molar-refractivity contribution in [2.24, 2.45) is 0 Å². The van der Waals surface area contributed by atoms with Gasteiger partial charge in [-0.2, -0.15) is 0 Å². The topological polar surface area (TPSA) is 33.7 Å². The summed E-state index contributed by atoms with van der Waals surface area (Å²) < 4.78 is 10.9. The van der Waals surface area contributed by atoms with Crippen molar-refractivity contribution in [2.45, 2.75) is 25.8 Å². The molecule has 4 nitrogen and oxygen atoms in total. The number of fused-ring (bicyclic) bond motifs is 2. The minimum absolute atomic E-state index is 0. The molecular weight excluding hydrogens is 348 g/mol. The van der Waals surface area contributed by atoms with Crippen LogP contribution in [0.1, 0.15) is 22.3 Å². The number of methoxy groups -OCH3 is 2. The van der Waals surface area contributed by atoms with Crippen LogP contribution < -0.4 is 14.8 Å². The first-order valence-electron chi connectivity index (χ1n) is 9.09. The number of hydrogen-bond acceptors (Lipinski definition) is 4. The fourth-order valence-corrected chi connectivity index (χ4v) is 4.04. The molecule has 0 radical (unpaired) electrons.